The highest BCUT2D eigenvalue weighted by atomic mass is 16.9. The van der Waals surface area contributed by atoms with Crippen molar-refractivity contribution < 1.29 is 19.6 Å². The Bertz CT molecular complexity index is 421. The third kappa shape index (κ3) is 1.85. The minimum atomic E-state index is -0.555. The summed E-state index contributed by atoms with van der Waals surface area (Å²) in [5.41, 5.74) is 0.959. The quantitative estimate of drug-likeness (QED) is 0.692. The van der Waals surface area contributed by atoms with Gasteiger partial charge in [0, 0.05) is 12.1 Å². The van der Waals surface area contributed by atoms with Gasteiger partial charge >= 0.3 is 0 Å². The number of ether oxygens (including phenoxy) is 1. The van der Waals surface area contributed by atoms with Gasteiger partial charge in [0.1, 0.15) is 5.75 Å². The van der Waals surface area contributed by atoms with Crippen LogP contribution < -0.4 is 15.3 Å². The van der Waals surface area contributed by atoms with E-state index < -0.39 is 11.3 Å². The van der Waals surface area contributed by atoms with Gasteiger partial charge in [-0.3, -0.25) is 4.79 Å². The number of quaternary nitrogens is 1. The van der Waals surface area contributed by atoms with Gasteiger partial charge in [-0.25, -0.2) is 4.84 Å². The van der Waals surface area contributed by atoms with E-state index in [9.17, 15) is 10.0 Å². The molecule has 1 aliphatic heterocycles. The number of nitrogens with one attached hydrogen (secondary N) is 2. The van der Waals surface area contributed by atoms with E-state index in [2.05, 4.69) is 10.2 Å². The van der Waals surface area contributed by atoms with Crippen molar-refractivity contribution in [1.29, 1.82) is 0 Å². The molecule has 1 aliphatic rings. The molecular weight excluding hydrogens is 212 g/mol. The molecule has 2 rings (SSSR count). The molecule has 2 N–H and O–H groups in total. The number of hydrogen-bond acceptors (Lipinski definition) is 4. The first-order valence-corrected chi connectivity index (χ1v) is 4.81. The highest BCUT2D eigenvalue weighted by Crippen LogP contribution is 2.31. The van der Waals surface area contributed by atoms with Gasteiger partial charge in [0.15, 0.2) is 11.8 Å². The topological polar surface area (TPSA) is 75.1 Å². The maximum absolute atomic E-state index is 11.3. The van der Waals surface area contributed by atoms with Crippen LogP contribution in [0.1, 0.15) is 6.92 Å². The van der Waals surface area contributed by atoms with Crippen LogP contribution in [-0.2, 0) is 9.63 Å². The van der Waals surface area contributed by atoms with Gasteiger partial charge in [-0.1, -0.05) is 0 Å². The molecule has 0 radical (unpaired) electrons. The molecule has 0 saturated heterocycles. The number of carbonyl (C=O) groups excluding carboxylic acids is 1. The van der Waals surface area contributed by atoms with Gasteiger partial charge in [-0.15, -0.1) is 0 Å². The second-order valence-electron chi connectivity index (χ2n) is 3.45. The molecule has 2 atom stereocenters. The Hall–Kier alpha value is -1.63. The molecule has 1 heterocycles. The molecule has 0 aliphatic carbocycles. The first-order valence-electron chi connectivity index (χ1n) is 4.81. The second kappa shape index (κ2) is 4.09. The molecular formula is C10H12N2O4. The van der Waals surface area contributed by atoms with E-state index in [1.54, 1.807) is 25.1 Å². The fourth-order valence-electron chi connectivity index (χ4n) is 1.45. The molecule has 1 aromatic carbocycles. The average Bonchev–Trinajstić information content (AvgIpc) is 2.29. The SMILES string of the molecule is CO[NH+]([O-])c1ccc2c(c1)OC(C)C(=O)N2. The van der Waals surface area contributed by atoms with Crippen molar-refractivity contribution >= 4 is 17.3 Å². The first-order chi connectivity index (χ1) is 7.61. The van der Waals surface area contributed by atoms with Crippen LogP contribution in [-0.4, -0.2) is 19.1 Å². The Morgan fingerprint density at radius 3 is 3.00 bits per heavy atom. The lowest BCUT2D eigenvalue weighted by Gasteiger charge is -2.24. The van der Waals surface area contributed by atoms with Crippen LogP contribution in [0.4, 0.5) is 11.4 Å². The summed E-state index contributed by atoms with van der Waals surface area (Å²) in [5.74, 6) is 0.285. The molecule has 1 amide bonds. The van der Waals surface area contributed by atoms with E-state index in [4.69, 9.17) is 4.74 Å². The van der Waals surface area contributed by atoms with Gasteiger partial charge in [-0.05, 0) is 13.0 Å². The maximum atomic E-state index is 11.3. The number of rotatable bonds is 2. The van der Waals surface area contributed by atoms with Crippen molar-refractivity contribution in [3.8, 4) is 5.75 Å². The molecule has 0 fully saturated rings. The van der Waals surface area contributed by atoms with Gasteiger partial charge in [0.05, 0.1) is 12.8 Å². The Morgan fingerprint density at radius 1 is 1.56 bits per heavy atom. The molecule has 0 saturated carbocycles. The maximum Gasteiger partial charge on any atom is 0.265 e. The predicted molar refractivity (Wildman–Crippen MR) is 56.2 cm³/mol. The zero-order valence-corrected chi connectivity index (χ0v) is 8.94. The van der Waals surface area contributed by atoms with Gasteiger partial charge in [0.2, 0.25) is 0 Å². The summed E-state index contributed by atoms with van der Waals surface area (Å²) in [6.07, 6.45) is -0.555. The Kier molecular flexibility index (Phi) is 2.78. The monoisotopic (exact) mass is 224 g/mol. The summed E-state index contributed by atoms with van der Waals surface area (Å²) < 4.78 is 5.36. The number of anilines is 1. The van der Waals surface area contributed by atoms with Crippen molar-refractivity contribution in [1.82, 2.24) is 0 Å². The summed E-state index contributed by atoms with van der Waals surface area (Å²) in [5, 5.41) is 13.5. The lowest BCUT2D eigenvalue weighted by atomic mass is 10.2. The number of amides is 1. The van der Waals surface area contributed by atoms with Crippen LogP contribution in [0.5, 0.6) is 5.75 Å². The normalized spacial score (nSPS) is 20.7. The van der Waals surface area contributed by atoms with E-state index in [1.807, 2.05) is 0 Å². The summed E-state index contributed by atoms with van der Waals surface area (Å²) in [7, 11) is 1.31. The summed E-state index contributed by atoms with van der Waals surface area (Å²) in [4.78, 5) is 15.9. The van der Waals surface area contributed by atoms with Gasteiger partial charge in [0.25, 0.3) is 5.91 Å². The predicted octanol–water partition coefficient (Wildman–Crippen LogP) is -0.0184. The van der Waals surface area contributed by atoms with Crippen molar-refractivity contribution in [2.24, 2.45) is 0 Å². The standard InChI is InChI=1S/C10H12N2O4/c1-6-10(13)11-8-4-3-7(12(14)15-2)5-9(8)16-6/h3-6,12H,1-2H3,(H,11,13). The number of fused-ring (bicyclic) bond motifs is 1. The number of benzene rings is 1. The largest absolute Gasteiger partial charge is 0.595 e. The lowest BCUT2D eigenvalue weighted by Crippen LogP contribution is -3.00. The molecule has 16 heavy (non-hydrogen) atoms. The van der Waals surface area contributed by atoms with Crippen molar-refractivity contribution in [2.75, 3.05) is 12.4 Å². The van der Waals surface area contributed by atoms with E-state index >= 15 is 0 Å². The van der Waals surface area contributed by atoms with E-state index in [-0.39, 0.29) is 5.91 Å². The van der Waals surface area contributed by atoms with E-state index in [0.717, 1.165) is 0 Å². The van der Waals surface area contributed by atoms with Crippen LogP contribution in [0.2, 0.25) is 0 Å². The first kappa shape index (κ1) is 10.9. The molecule has 86 valence electrons. The van der Waals surface area contributed by atoms with Crippen LogP contribution in [0, 0.1) is 5.21 Å². The minimum absolute atomic E-state index is 0.196. The molecule has 6 nitrogen and oxygen atoms in total. The van der Waals surface area contributed by atoms with Crippen LogP contribution in [0.25, 0.3) is 0 Å². The summed E-state index contributed by atoms with van der Waals surface area (Å²) >= 11 is 0. The van der Waals surface area contributed by atoms with Gasteiger partial charge < -0.3 is 15.3 Å². The Labute approximate surface area is 92.3 Å². The van der Waals surface area contributed by atoms with Crippen molar-refractivity contribution in [2.45, 2.75) is 13.0 Å². The van der Waals surface area contributed by atoms with Crippen LogP contribution in [0.3, 0.4) is 0 Å². The zero-order valence-electron chi connectivity index (χ0n) is 8.94. The second-order valence-corrected chi connectivity index (χ2v) is 3.45. The number of carbonyl (C=O) groups is 1. The minimum Gasteiger partial charge on any atom is -0.595 e. The van der Waals surface area contributed by atoms with E-state index in [1.165, 1.54) is 7.11 Å². The molecule has 0 spiro atoms. The average molecular weight is 224 g/mol. The molecule has 6 heteroatoms. The van der Waals surface area contributed by atoms with Crippen molar-refractivity contribution in [3.63, 3.8) is 0 Å². The van der Waals surface area contributed by atoms with Crippen molar-refractivity contribution in [3.05, 3.63) is 23.4 Å². The smallest absolute Gasteiger partial charge is 0.265 e. The Morgan fingerprint density at radius 2 is 2.31 bits per heavy atom. The summed E-state index contributed by atoms with van der Waals surface area (Å²) in [6, 6.07) is 4.74. The molecule has 1 aromatic rings. The van der Waals surface area contributed by atoms with Crippen LogP contribution >= 0.6 is 0 Å². The highest BCUT2D eigenvalue weighted by molar-refractivity contribution is 5.97. The number of hydrogen-bond donors (Lipinski definition) is 2. The Balaban J connectivity index is 2.32. The zero-order chi connectivity index (χ0) is 11.7. The fourth-order valence-corrected chi connectivity index (χ4v) is 1.45. The third-order valence-electron chi connectivity index (χ3n) is 2.33. The van der Waals surface area contributed by atoms with E-state index in [0.29, 0.717) is 17.1 Å². The fraction of sp³-hybridized carbons (Fsp3) is 0.300. The highest BCUT2D eigenvalue weighted by Gasteiger charge is 2.24. The lowest BCUT2D eigenvalue weighted by molar-refractivity contribution is -0.992. The molecule has 2 unspecified atom stereocenters. The van der Waals surface area contributed by atoms with Gasteiger partial charge in [-0.2, -0.15) is 5.23 Å². The third-order valence-corrected chi connectivity index (χ3v) is 2.33. The molecule has 0 aromatic heterocycles. The molecule has 0 bridgehead atoms. The van der Waals surface area contributed by atoms with Crippen LogP contribution in [0.15, 0.2) is 18.2 Å². The summed E-state index contributed by atoms with van der Waals surface area (Å²) in [6.45, 7) is 1.64.